The molecule has 1 aromatic carbocycles. The predicted molar refractivity (Wildman–Crippen MR) is 133 cm³/mol. The Morgan fingerprint density at radius 2 is 1.77 bits per heavy atom. The summed E-state index contributed by atoms with van der Waals surface area (Å²) >= 11 is 0. The van der Waals surface area contributed by atoms with Crippen LogP contribution >= 0.6 is 24.0 Å². The molecule has 1 heterocycles. The first-order valence-corrected chi connectivity index (χ1v) is 10.8. The summed E-state index contributed by atoms with van der Waals surface area (Å²) in [6.07, 6.45) is 0.472. The molecule has 2 rings (SSSR count). The van der Waals surface area contributed by atoms with Gasteiger partial charge in [0.15, 0.2) is 5.96 Å². The highest BCUT2D eigenvalue weighted by Crippen LogP contribution is 2.14. The minimum Gasteiger partial charge on any atom is -0.379 e. The summed E-state index contributed by atoms with van der Waals surface area (Å²) in [5.41, 5.74) is 2.54. The van der Waals surface area contributed by atoms with Gasteiger partial charge in [0.2, 0.25) is 5.91 Å². The van der Waals surface area contributed by atoms with Gasteiger partial charge in [-0.25, -0.2) is 4.99 Å². The molecule has 1 amide bonds. The van der Waals surface area contributed by atoms with Crippen LogP contribution in [0.15, 0.2) is 29.3 Å². The number of carbonyl (C=O) groups excluding carboxylic acids is 1. The van der Waals surface area contributed by atoms with Crippen molar-refractivity contribution in [1.29, 1.82) is 0 Å². The van der Waals surface area contributed by atoms with Gasteiger partial charge >= 0.3 is 0 Å². The maximum absolute atomic E-state index is 12.2. The fraction of sp³-hybridized carbons (Fsp3) is 0.636. The van der Waals surface area contributed by atoms with Gasteiger partial charge in [0.1, 0.15) is 0 Å². The summed E-state index contributed by atoms with van der Waals surface area (Å²) in [5, 5.41) is 6.56. The number of nitrogens with zero attached hydrogens (tertiary/aromatic N) is 3. The van der Waals surface area contributed by atoms with Crippen LogP contribution in [-0.4, -0.2) is 74.1 Å². The highest BCUT2D eigenvalue weighted by Gasteiger charge is 2.13. The van der Waals surface area contributed by atoms with Crippen molar-refractivity contribution in [3.8, 4) is 0 Å². The molecule has 1 aliphatic heterocycles. The molecule has 0 spiro atoms. The highest BCUT2D eigenvalue weighted by molar-refractivity contribution is 14.0. The van der Waals surface area contributed by atoms with Gasteiger partial charge < -0.3 is 20.3 Å². The number of hydrogen-bond donors (Lipinski definition) is 2. The lowest BCUT2D eigenvalue weighted by Crippen LogP contribution is -2.40. The third-order valence-corrected chi connectivity index (χ3v) is 5.12. The SMILES string of the molecule is CCNC(=NCc1ccccc1CN1CCOCC1)NCCC(=O)N(CC)CC.I. The average Bonchev–Trinajstić information content (AvgIpc) is 2.74. The molecule has 0 bridgehead atoms. The lowest BCUT2D eigenvalue weighted by molar-refractivity contribution is -0.130. The van der Waals surface area contributed by atoms with Crippen molar-refractivity contribution in [2.24, 2.45) is 4.99 Å². The van der Waals surface area contributed by atoms with Crippen molar-refractivity contribution in [1.82, 2.24) is 20.4 Å². The second-order valence-electron chi connectivity index (χ2n) is 7.10. The predicted octanol–water partition coefficient (Wildman–Crippen LogP) is 2.45. The largest absolute Gasteiger partial charge is 0.379 e. The Kier molecular flexibility index (Phi) is 13.7. The molecule has 0 saturated carbocycles. The van der Waals surface area contributed by atoms with Crippen LogP contribution in [0.3, 0.4) is 0 Å². The van der Waals surface area contributed by atoms with E-state index in [0.717, 1.165) is 58.4 Å². The van der Waals surface area contributed by atoms with Crippen LogP contribution in [0.25, 0.3) is 0 Å². The number of nitrogens with one attached hydrogen (secondary N) is 2. The van der Waals surface area contributed by atoms with Gasteiger partial charge in [0.05, 0.1) is 19.8 Å². The van der Waals surface area contributed by atoms with E-state index in [2.05, 4.69) is 39.8 Å². The van der Waals surface area contributed by atoms with Crippen LogP contribution in [0.4, 0.5) is 0 Å². The summed E-state index contributed by atoms with van der Waals surface area (Å²) in [6.45, 7) is 14.0. The van der Waals surface area contributed by atoms with E-state index in [-0.39, 0.29) is 29.9 Å². The van der Waals surface area contributed by atoms with Gasteiger partial charge in [-0.1, -0.05) is 24.3 Å². The Morgan fingerprint density at radius 3 is 2.40 bits per heavy atom. The van der Waals surface area contributed by atoms with Crippen LogP contribution < -0.4 is 10.6 Å². The molecule has 170 valence electrons. The number of guanidine groups is 1. The van der Waals surface area contributed by atoms with Crippen molar-refractivity contribution in [3.05, 3.63) is 35.4 Å². The second-order valence-corrected chi connectivity index (χ2v) is 7.10. The quantitative estimate of drug-likeness (QED) is 0.276. The molecule has 30 heavy (non-hydrogen) atoms. The molecule has 7 nitrogen and oxygen atoms in total. The van der Waals surface area contributed by atoms with Gasteiger partial charge in [-0.05, 0) is 31.9 Å². The van der Waals surface area contributed by atoms with E-state index in [1.54, 1.807) is 0 Å². The van der Waals surface area contributed by atoms with Crippen LogP contribution in [0.5, 0.6) is 0 Å². The summed E-state index contributed by atoms with van der Waals surface area (Å²) in [5.74, 6) is 0.926. The van der Waals surface area contributed by atoms with Crippen molar-refractivity contribution in [3.63, 3.8) is 0 Å². The molecule has 0 unspecified atom stereocenters. The normalized spacial score (nSPS) is 14.7. The number of aliphatic imine (C=N–C) groups is 1. The maximum atomic E-state index is 12.2. The standard InChI is InChI=1S/C22H37N5O2.HI/c1-4-23-22(24-12-11-21(28)27(5-2)6-3)25-17-19-9-7-8-10-20(19)18-26-13-15-29-16-14-26;/h7-10H,4-6,11-18H2,1-3H3,(H2,23,24,25);1H. The number of benzene rings is 1. The van der Waals surface area contributed by atoms with Crippen LogP contribution in [0, 0.1) is 0 Å². The summed E-state index contributed by atoms with van der Waals surface area (Å²) < 4.78 is 5.45. The fourth-order valence-corrected chi connectivity index (χ4v) is 3.39. The lowest BCUT2D eigenvalue weighted by Gasteiger charge is -2.27. The Labute approximate surface area is 198 Å². The van der Waals surface area contributed by atoms with Gasteiger partial charge in [0, 0.05) is 52.2 Å². The number of hydrogen-bond acceptors (Lipinski definition) is 4. The average molecular weight is 531 g/mol. The number of morpholine rings is 1. The third kappa shape index (κ3) is 9.18. The van der Waals surface area contributed by atoms with Crippen molar-refractivity contribution < 1.29 is 9.53 Å². The van der Waals surface area contributed by atoms with Gasteiger partial charge in [0.25, 0.3) is 0 Å². The molecule has 1 aliphatic rings. The van der Waals surface area contributed by atoms with Gasteiger partial charge in [-0.2, -0.15) is 0 Å². The Morgan fingerprint density at radius 1 is 1.10 bits per heavy atom. The van der Waals surface area contributed by atoms with E-state index in [1.807, 2.05) is 25.7 Å². The van der Waals surface area contributed by atoms with E-state index < -0.39 is 0 Å². The molecule has 1 saturated heterocycles. The van der Waals surface area contributed by atoms with E-state index in [1.165, 1.54) is 11.1 Å². The third-order valence-electron chi connectivity index (χ3n) is 5.12. The van der Waals surface area contributed by atoms with Crippen LogP contribution in [0.1, 0.15) is 38.3 Å². The monoisotopic (exact) mass is 531 g/mol. The number of rotatable bonds is 10. The first-order chi connectivity index (χ1) is 14.2. The second kappa shape index (κ2) is 15.4. The molecule has 8 heteroatoms. The van der Waals surface area contributed by atoms with Crippen molar-refractivity contribution in [2.75, 3.05) is 52.5 Å². The smallest absolute Gasteiger partial charge is 0.224 e. The zero-order chi connectivity index (χ0) is 20.9. The summed E-state index contributed by atoms with van der Waals surface area (Å²) in [7, 11) is 0. The maximum Gasteiger partial charge on any atom is 0.224 e. The molecule has 0 aliphatic carbocycles. The summed E-state index contributed by atoms with van der Waals surface area (Å²) in [6, 6.07) is 8.48. The van der Waals surface area contributed by atoms with Crippen molar-refractivity contribution in [2.45, 2.75) is 40.3 Å². The van der Waals surface area contributed by atoms with E-state index in [0.29, 0.717) is 19.5 Å². The minimum atomic E-state index is 0. The van der Waals surface area contributed by atoms with E-state index in [9.17, 15) is 4.79 Å². The number of halogens is 1. The number of carbonyl (C=O) groups is 1. The topological polar surface area (TPSA) is 69.2 Å². The minimum absolute atomic E-state index is 0. The first kappa shape index (κ1) is 26.6. The lowest BCUT2D eigenvalue weighted by atomic mass is 10.1. The zero-order valence-electron chi connectivity index (χ0n) is 18.7. The Bertz CT molecular complexity index is 646. The Hall–Kier alpha value is -1.39. The van der Waals surface area contributed by atoms with E-state index in [4.69, 9.17) is 9.73 Å². The molecule has 1 fully saturated rings. The Balaban J connectivity index is 0.00000450. The van der Waals surface area contributed by atoms with Gasteiger partial charge in [-0.15, -0.1) is 24.0 Å². The highest BCUT2D eigenvalue weighted by atomic mass is 127. The molecule has 0 radical (unpaired) electrons. The molecule has 1 aromatic rings. The number of amides is 1. The molecule has 0 atom stereocenters. The fourth-order valence-electron chi connectivity index (χ4n) is 3.39. The van der Waals surface area contributed by atoms with E-state index >= 15 is 0 Å². The van der Waals surface area contributed by atoms with Crippen LogP contribution in [0.2, 0.25) is 0 Å². The zero-order valence-corrected chi connectivity index (χ0v) is 21.0. The molecule has 2 N–H and O–H groups in total. The van der Waals surface area contributed by atoms with Gasteiger partial charge in [-0.3, -0.25) is 9.69 Å². The summed E-state index contributed by atoms with van der Waals surface area (Å²) in [4.78, 5) is 21.2. The van der Waals surface area contributed by atoms with Crippen molar-refractivity contribution >= 4 is 35.8 Å². The van der Waals surface area contributed by atoms with Crippen LogP contribution in [-0.2, 0) is 22.6 Å². The molecular formula is C22H38IN5O2. The molecule has 0 aromatic heterocycles. The first-order valence-electron chi connectivity index (χ1n) is 10.8. The number of ether oxygens (including phenoxy) is 1. The molecular weight excluding hydrogens is 493 g/mol.